The molecule has 2 heterocycles. The van der Waals surface area contributed by atoms with Gasteiger partial charge in [0.05, 0.1) is 5.69 Å². The highest BCUT2D eigenvalue weighted by atomic mass is 15.0. The smallest absolute Gasteiger partial charge is 0.222 e. The minimum Gasteiger partial charge on any atom is -0.384 e. The van der Waals surface area contributed by atoms with E-state index in [1.165, 1.54) is 0 Å². The molecule has 2 aromatic rings. The summed E-state index contributed by atoms with van der Waals surface area (Å²) in [6, 6.07) is 3.52. The Morgan fingerprint density at radius 2 is 1.81 bits per heavy atom. The number of aryl methyl sites for hydroxylation is 1. The number of hydrogen-bond donors (Lipinski definition) is 3. The molecule has 0 amide bonds. The normalized spacial score (nSPS) is 10.3. The van der Waals surface area contributed by atoms with Crippen LogP contribution in [0.15, 0.2) is 18.3 Å². The lowest BCUT2D eigenvalue weighted by Crippen LogP contribution is -2.04. The summed E-state index contributed by atoms with van der Waals surface area (Å²) < 4.78 is 0. The molecule has 0 aliphatic heterocycles. The van der Waals surface area contributed by atoms with Gasteiger partial charge in [-0.25, -0.2) is 9.97 Å². The molecule has 0 radical (unpaired) electrons. The predicted octanol–water partition coefficient (Wildman–Crippen LogP) is 0.594. The second-order valence-corrected chi connectivity index (χ2v) is 3.40. The first-order chi connectivity index (χ1) is 7.58. The van der Waals surface area contributed by atoms with Crippen LogP contribution in [0.5, 0.6) is 0 Å². The zero-order valence-electron chi connectivity index (χ0n) is 8.81. The molecule has 6 nitrogen and oxygen atoms in total. The van der Waals surface area contributed by atoms with Crippen molar-refractivity contribution < 1.29 is 0 Å². The molecule has 0 aliphatic rings. The molecule has 2 rings (SSSR count). The Morgan fingerprint density at radius 3 is 2.38 bits per heavy atom. The second kappa shape index (κ2) is 3.65. The number of nitrogen functional groups attached to an aromatic ring is 3. The Labute approximate surface area is 92.5 Å². The van der Waals surface area contributed by atoms with E-state index in [0.717, 1.165) is 16.8 Å². The molecular formula is C10H12N6. The van der Waals surface area contributed by atoms with Crippen LogP contribution in [0.3, 0.4) is 0 Å². The summed E-state index contributed by atoms with van der Waals surface area (Å²) in [6.07, 6.45) is 1.63. The van der Waals surface area contributed by atoms with Crippen molar-refractivity contribution in [3.63, 3.8) is 0 Å². The number of rotatable bonds is 1. The largest absolute Gasteiger partial charge is 0.384 e. The maximum Gasteiger partial charge on any atom is 0.222 e. The highest BCUT2D eigenvalue weighted by Crippen LogP contribution is 2.27. The highest BCUT2D eigenvalue weighted by molar-refractivity contribution is 5.76. The van der Waals surface area contributed by atoms with Gasteiger partial charge in [0.15, 0.2) is 0 Å². The van der Waals surface area contributed by atoms with Crippen LogP contribution in [0.1, 0.15) is 5.69 Å². The summed E-state index contributed by atoms with van der Waals surface area (Å²) in [5, 5.41) is 0. The zero-order valence-corrected chi connectivity index (χ0v) is 8.81. The van der Waals surface area contributed by atoms with E-state index in [9.17, 15) is 0 Å². The van der Waals surface area contributed by atoms with E-state index in [2.05, 4.69) is 15.0 Å². The van der Waals surface area contributed by atoms with E-state index in [0.29, 0.717) is 11.6 Å². The quantitative estimate of drug-likeness (QED) is 0.642. The predicted molar refractivity (Wildman–Crippen MR) is 63.2 cm³/mol. The molecule has 6 N–H and O–H groups in total. The first kappa shape index (κ1) is 10.2. The van der Waals surface area contributed by atoms with Gasteiger partial charge in [-0.1, -0.05) is 0 Å². The average Bonchev–Trinajstić information content (AvgIpc) is 2.19. The summed E-state index contributed by atoms with van der Waals surface area (Å²) in [5.41, 5.74) is 19.1. The minimum absolute atomic E-state index is 0.169. The van der Waals surface area contributed by atoms with Gasteiger partial charge in [0.1, 0.15) is 11.6 Å². The van der Waals surface area contributed by atoms with E-state index < -0.39 is 0 Å². The minimum atomic E-state index is 0.169. The molecule has 0 unspecified atom stereocenters. The Kier molecular flexibility index (Phi) is 2.32. The third-order valence-electron chi connectivity index (χ3n) is 2.21. The molecule has 0 saturated heterocycles. The van der Waals surface area contributed by atoms with Crippen LogP contribution < -0.4 is 17.2 Å². The molecule has 6 heteroatoms. The molecular weight excluding hydrogens is 204 g/mol. The van der Waals surface area contributed by atoms with Crippen molar-refractivity contribution in [2.75, 3.05) is 17.2 Å². The molecule has 0 aliphatic carbocycles. The summed E-state index contributed by atoms with van der Waals surface area (Å²) in [7, 11) is 0. The van der Waals surface area contributed by atoms with Gasteiger partial charge >= 0.3 is 0 Å². The molecule has 0 saturated carbocycles. The van der Waals surface area contributed by atoms with Gasteiger partial charge in [-0.3, -0.25) is 0 Å². The van der Waals surface area contributed by atoms with Gasteiger partial charge in [0, 0.05) is 17.3 Å². The lowest BCUT2D eigenvalue weighted by Gasteiger charge is -2.08. The fraction of sp³-hybridized carbons (Fsp3) is 0.100. The van der Waals surface area contributed by atoms with E-state index in [-0.39, 0.29) is 5.95 Å². The highest BCUT2D eigenvalue weighted by Gasteiger charge is 2.10. The van der Waals surface area contributed by atoms with Crippen molar-refractivity contribution in [1.82, 2.24) is 15.0 Å². The van der Waals surface area contributed by atoms with Crippen molar-refractivity contribution in [1.29, 1.82) is 0 Å². The third kappa shape index (κ3) is 1.72. The van der Waals surface area contributed by atoms with E-state index in [1.54, 1.807) is 12.3 Å². The molecule has 0 atom stereocenters. The summed E-state index contributed by atoms with van der Waals surface area (Å²) in [4.78, 5) is 12.0. The fourth-order valence-electron chi connectivity index (χ4n) is 1.53. The molecule has 82 valence electrons. The van der Waals surface area contributed by atoms with Crippen LogP contribution >= 0.6 is 0 Å². The average molecular weight is 216 g/mol. The van der Waals surface area contributed by atoms with Crippen LogP contribution in [0, 0.1) is 6.92 Å². The number of hydrogen-bond acceptors (Lipinski definition) is 6. The number of nitrogens with two attached hydrogens (primary N) is 3. The summed E-state index contributed by atoms with van der Waals surface area (Å²) >= 11 is 0. The topological polar surface area (TPSA) is 117 Å². The van der Waals surface area contributed by atoms with Gasteiger partial charge < -0.3 is 17.2 Å². The zero-order chi connectivity index (χ0) is 11.7. The van der Waals surface area contributed by atoms with E-state index >= 15 is 0 Å². The van der Waals surface area contributed by atoms with Crippen LogP contribution in [0.2, 0.25) is 0 Å². The maximum absolute atomic E-state index is 5.80. The van der Waals surface area contributed by atoms with Crippen molar-refractivity contribution in [3.05, 3.63) is 24.0 Å². The lowest BCUT2D eigenvalue weighted by atomic mass is 10.1. The first-order valence-corrected chi connectivity index (χ1v) is 4.69. The van der Waals surface area contributed by atoms with Gasteiger partial charge in [-0.05, 0) is 19.1 Å². The van der Waals surface area contributed by atoms with Gasteiger partial charge in [-0.15, -0.1) is 0 Å². The van der Waals surface area contributed by atoms with Crippen LogP contribution in [0.4, 0.5) is 17.6 Å². The number of aromatic nitrogens is 3. The standard InChI is InChI=1S/C10H12N6/c1-5-8(9(12)16-10(13)15-5)6-2-3-7(11)14-4-6/h2-4H,1H3,(H2,11,14)(H4,12,13,15,16). The van der Waals surface area contributed by atoms with Crippen molar-refractivity contribution in [3.8, 4) is 11.1 Å². The number of nitrogens with zero attached hydrogens (tertiary/aromatic N) is 3. The van der Waals surface area contributed by atoms with Gasteiger partial charge in [0.2, 0.25) is 5.95 Å². The molecule has 0 spiro atoms. The second-order valence-electron chi connectivity index (χ2n) is 3.40. The van der Waals surface area contributed by atoms with Crippen molar-refractivity contribution in [2.45, 2.75) is 6.92 Å². The van der Waals surface area contributed by atoms with Crippen LogP contribution in [-0.4, -0.2) is 15.0 Å². The Hall–Kier alpha value is -2.37. The fourth-order valence-corrected chi connectivity index (χ4v) is 1.53. The Bertz CT molecular complexity index is 496. The molecule has 2 aromatic heterocycles. The van der Waals surface area contributed by atoms with E-state index in [1.807, 2.05) is 13.0 Å². The van der Waals surface area contributed by atoms with E-state index in [4.69, 9.17) is 17.2 Å². The third-order valence-corrected chi connectivity index (χ3v) is 2.21. The van der Waals surface area contributed by atoms with Crippen molar-refractivity contribution in [2.24, 2.45) is 0 Å². The van der Waals surface area contributed by atoms with Crippen molar-refractivity contribution >= 4 is 17.6 Å². The molecule has 0 aromatic carbocycles. The summed E-state index contributed by atoms with van der Waals surface area (Å²) in [5.74, 6) is 0.968. The number of pyridine rings is 1. The maximum atomic E-state index is 5.80. The van der Waals surface area contributed by atoms with Gasteiger partial charge in [-0.2, -0.15) is 4.98 Å². The van der Waals surface area contributed by atoms with Crippen LogP contribution in [-0.2, 0) is 0 Å². The lowest BCUT2D eigenvalue weighted by molar-refractivity contribution is 1.13. The molecule has 0 bridgehead atoms. The van der Waals surface area contributed by atoms with Crippen LogP contribution in [0.25, 0.3) is 11.1 Å². The monoisotopic (exact) mass is 216 g/mol. The Balaban J connectivity index is 2.60. The number of anilines is 3. The molecule has 16 heavy (non-hydrogen) atoms. The molecule has 0 fully saturated rings. The summed E-state index contributed by atoms with van der Waals surface area (Å²) in [6.45, 7) is 1.82. The first-order valence-electron chi connectivity index (χ1n) is 4.69. The SMILES string of the molecule is Cc1nc(N)nc(N)c1-c1ccc(N)nc1. The van der Waals surface area contributed by atoms with Gasteiger partial charge in [0.25, 0.3) is 0 Å². The Morgan fingerprint density at radius 1 is 1.06 bits per heavy atom.